The first kappa shape index (κ1) is 16.3. The van der Waals surface area contributed by atoms with Crippen molar-refractivity contribution in [1.82, 2.24) is 4.90 Å². The zero-order valence-corrected chi connectivity index (χ0v) is 14.0. The fraction of sp³-hybridized carbons (Fsp3) is 0.316. The molecule has 1 aromatic heterocycles. The molecule has 1 N–H and O–H groups in total. The number of aliphatic hydroxyl groups is 1. The van der Waals surface area contributed by atoms with Gasteiger partial charge in [0.15, 0.2) is 6.73 Å². The number of carbonyl (C=O) groups excluding carboxylic acids is 1. The van der Waals surface area contributed by atoms with Gasteiger partial charge in [0.05, 0.1) is 23.6 Å². The Morgan fingerprint density at radius 2 is 1.92 bits per heavy atom. The molecular formula is C19H21NO4. The van der Waals surface area contributed by atoms with Crippen LogP contribution in [0.25, 0.3) is 5.57 Å². The molecule has 3 rings (SSSR count). The van der Waals surface area contributed by atoms with Crippen LogP contribution in [0.1, 0.15) is 38.0 Å². The molecule has 1 aliphatic rings. The standard InChI is InChI=1S/C19H21NO4/c1-13-16(14-7-5-4-6-8-14)18(22)20(12-24-13)19(2,3)17(21)15-9-10-23-11-15/h4-11,17,21H,12H2,1-3H3. The van der Waals surface area contributed by atoms with E-state index in [2.05, 4.69) is 0 Å². The van der Waals surface area contributed by atoms with Gasteiger partial charge in [0, 0.05) is 5.56 Å². The molecule has 1 unspecified atom stereocenters. The Morgan fingerprint density at radius 3 is 2.54 bits per heavy atom. The maximum atomic E-state index is 13.1. The number of carbonyl (C=O) groups is 1. The molecule has 1 aliphatic heterocycles. The van der Waals surface area contributed by atoms with Crippen molar-refractivity contribution >= 4 is 11.5 Å². The molecule has 0 spiro atoms. The number of benzene rings is 1. The number of ether oxygens (including phenoxy) is 1. The molecule has 126 valence electrons. The lowest BCUT2D eigenvalue weighted by Crippen LogP contribution is -2.54. The number of rotatable bonds is 4. The monoisotopic (exact) mass is 327 g/mol. The van der Waals surface area contributed by atoms with Gasteiger partial charge in [-0.2, -0.15) is 0 Å². The second kappa shape index (κ2) is 6.17. The average Bonchev–Trinajstić information content (AvgIpc) is 3.09. The van der Waals surface area contributed by atoms with Crippen molar-refractivity contribution in [3.05, 3.63) is 65.8 Å². The maximum absolute atomic E-state index is 13.1. The number of nitrogens with zero attached hydrogens (tertiary/aromatic N) is 1. The summed E-state index contributed by atoms with van der Waals surface area (Å²) in [5.41, 5.74) is 1.09. The first-order chi connectivity index (χ1) is 11.4. The highest BCUT2D eigenvalue weighted by atomic mass is 16.5. The van der Waals surface area contributed by atoms with E-state index >= 15 is 0 Å². The van der Waals surface area contributed by atoms with Crippen LogP contribution in [-0.4, -0.2) is 28.2 Å². The molecule has 2 heterocycles. The highest BCUT2D eigenvalue weighted by Crippen LogP contribution is 2.36. The van der Waals surface area contributed by atoms with Crippen LogP contribution in [0.2, 0.25) is 0 Å². The van der Waals surface area contributed by atoms with Gasteiger partial charge in [-0.1, -0.05) is 30.3 Å². The van der Waals surface area contributed by atoms with Gasteiger partial charge in [-0.25, -0.2) is 0 Å². The predicted molar refractivity (Wildman–Crippen MR) is 89.6 cm³/mol. The molecule has 0 radical (unpaired) electrons. The summed E-state index contributed by atoms with van der Waals surface area (Å²) < 4.78 is 10.8. The van der Waals surface area contributed by atoms with E-state index in [0.717, 1.165) is 5.56 Å². The van der Waals surface area contributed by atoms with Crippen LogP contribution in [-0.2, 0) is 9.53 Å². The Kier molecular flexibility index (Phi) is 4.20. The lowest BCUT2D eigenvalue weighted by atomic mass is 9.89. The maximum Gasteiger partial charge on any atom is 0.261 e. The molecule has 0 fully saturated rings. The summed E-state index contributed by atoms with van der Waals surface area (Å²) in [6, 6.07) is 11.1. The van der Waals surface area contributed by atoms with Gasteiger partial charge in [-0.15, -0.1) is 0 Å². The minimum atomic E-state index is -0.890. The largest absolute Gasteiger partial charge is 0.477 e. The number of allylic oxidation sites excluding steroid dienone is 1. The van der Waals surface area contributed by atoms with Crippen LogP contribution in [0, 0.1) is 0 Å². The normalized spacial score (nSPS) is 17.0. The molecule has 2 aromatic rings. The van der Waals surface area contributed by atoms with E-state index in [4.69, 9.17) is 9.15 Å². The van der Waals surface area contributed by atoms with Crippen molar-refractivity contribution in [2.24, 2.45) is 0 Å². The molecular weight excluding hydrogens is 306 g/mol. The van der Waals surface area contributed by atoms with Gasteiger partial charge in [-0.3, -0.25) is 9.69 Å². The van der Waals surface area contributed by atoms with Crippen LogP contribution in [0.15, 0.2) is 59.1 Å². The van der Waals surface area contributed by atoms with Gasteiger partial charge in [0.2, 0.25) is 0 Å². The molecule has 0 bridgehead atoms. The third kappa shape index (κ3) is 2.71. The van der Waals surface area contributed by atoms with Gasteiger partial charge in [0.25, 0.3) is 5.91 Å². The van der Waals surface area contributed by atoms with Crippen LogP contribution >= 0.6 is 0 Å². The van der Waals surface area contributed by atoms with E-state index in [0.29, 0.717) is 16.9 Å². The Balaban J connectivity index is 1.95. The third-order valence-electron chi connectivity index (χ3n) is 4.51. The second-order valence-corrected chi connectivity index (χ2v) is 6.42. The van der Waals surface area contributed by atoms with Gasteiger partial charge in [0.1, 0.15) is 11.9 Å². The highest BCUT2D eigenvalue weighted by Gasteiger charge is 2.42. The number of hydrogen-bond acceptors (Lipinski definition) is 4. The van der Waals surface area contributed by atoms with E-state index in [1.165, 1.54) is 12.5 Å². The Hall–Kier alpha value is -2.53. The Labute approximate surface area is 141 Å². The van der Waals surface area contributed by atoms with Crippen molar-refractivity contribution in [2.75, 3.05) is 6.73 Å². The van der Waals surface area contributed by atoms with Crippen molar-refractivity contribution in [1.29, 1.82) is 0 Å². The topological polar surface area (TPSA) is 62.9 Å². The van der Waals surface area contributed by atoms with Crippen LogP contribution in [0.4, 0.5) is 0 Å². The fourth-order valence-electron chi connectivity index (χ4n) is 2.92. The number of hydrogen-bond donors (Lipinski definition) is 1. The zero-order chi connectivity index (χ0) is 17.3. The molecule has 1 amide bonds. The molecule has 5 nitrogen and oxygen atoms in total. The van der Waals surface area contributed by atoms with Crippen molar-refractivity contribution in [3.8, 4) is 0 Å². The molecule has 0 aliphatic carbocycles. The summed E-state index contributed by atoms with van der Waals surface area (Å²) >= 11 is 0. The van der Waals surface area contributed by atoms with E-state index in [1.54, 1.807) is 17.9 Å². The smallest absolute Gasteiger partial charge is 0.261 e. The summed E-state index contributed by atoms with van der Waals surface area (Å²) in [5.74, 6) is 0.438. The van der Waals surface area contributed by atoms with Gasteiger partial charge < -0.3 is 14.3 Å². The first-order valence-corrected chi connectivity index (χ1v) is 7.84. The lowest BCUT2D eigenvalue weighted by molar-refractivity contribution is -0.146. The van der Waals surface area contributed by atoms with Crippen LogP contribution in [0.5, 0.6) is 0 Å². The second-order valence-electron chi connectivity index (χ2n) is 6.42. The highest BCUT2D eigenvalue weighted by molar-refractivity contribution is 6.20. The van der Waals surface area contributed by atoms with E-state index < -0.39 is 11.6 Å². The van der Waals surface area contributed by atoms with Crippen molar-refractivity contribution in [3.63, 3.8) is 0 Å². The summed E-state index contributed by atoms with van der Waals surface area (Å²) in [5, 5.41) is 10.7. The summed E-state index contributed by atoms with van der Waals surface area (Å²) in [4.78, 5) is 14.7. The summed E-state index contributed by atoms with van der Waals surface area (Å²) in [7, 11) is 0. The minimum Gasteiger partial charge on any atom is -0.477 e. The number of amides is 1. The fourth-order valence-corrected chi connectivity index (χ4v) is 2.92. The lowest BCUT2D eigenvalue weighted by Gasteiger charge is -2.43. The van der Waals surface area contributed by atoms with E-state index in [9.17, 15) is 9.90 Å². The van der Waals surface area contributed by atoms with Crippen LogP contribution in [0.3, 0.4) is 0 Å². The number of furan rings is 1. The quantitative estimate of drug-likeness (QED) is 0.935. The Bertz CT molecular complexity index is 747. The molecule has 24 heavy (non-hydrogen) atoms. The minimum absolute atomic E-state index is 0.100. The van der Waals surface area contributed by atoms with Crippen molar-refractivity contribution in [2.45, 2.75) is 32.4 Å². The predicted octanol–water partition coefficient (Wildman–Crippen LogP) is 3.34. The molecule has 0 saturated heterocycles. The summed E-state index contributed by atoms with van der Waals surface area (Å²) in [6.45, 7) is 5.52. The van der Waals surface area contributed by atoms with Gasteiger partial charge in [-0.05, 0) is 32.4 Å². The van der Waals surface area contributed by atoms with E-state index in [1.807, 2.05) is 44.2 Å². The van der Waals surface area contributed by atoms with E-state index in [-0.39, 0.29) is 12.6 Å². The molecule has 1 aromatic carbocycles. The molecule has 0 saturated carbocycles. The molecule has 1 atom stereocenters. The zero-order valence-electron chi connectivity index (χ0n) is 14.0. The van der Waals surface area contributed by atoms with Crippen molar-refractivity contribution < 1.29 is 19.1 Å². The SMILES string of the molecule is CC1=C(c2ccccc2)C(=O)N(C(C)(C)C(O)c2ccoc2)CO1. The van der Waals surface area contributed by atoms with Gasteiger partial charge >= 0.3 is 0 Å². The average molecular weight is 327 g/mol. The van der Waals surface area contributed by atoms with Crippen LogP contribution < -0.4 is 0 Å². The molecule has 5 heteroatoms. The Morgan fingerprint density at radius 1 is 1.21 bits per heavy atom. The summed E-state index contributed by atoms with van der Waals surface area (Å²) in [6.07, 6.45) is 2.10. The first-order valence-electron chi connectivity index (χ1n) is 7.84. The number of aliphatic hydroxyl groups excluding tert-OH is 1. The third-order valence-corrected chi connectivity index (χ3v) is 4.51.